The summed E-state index contributed by atoms with van der Waals surface area (Å²) in [4.78, 5) is 32.2. The highest BCUT2D eigenvalue weighted by atomic mass is 32.1. The van der Waals surface area contributed by atoms with E-state index >= 15 is 0 Å². The van der Waals surface area contributed by atoms with Crippen LogP contribution in [0.1, 0.15) is 0 Å². The largest absolute Gasteiger partial charge is 0.474 e. The highest BCUT2D eigenvalue weighted by Crippen LogP contribution is 2.24. The molecule has 1 amide bonds. The Kier molecular flexibility index (Phi) is 8.23. The lowest BCUT2D eigenvalue weighted by Crippen LogP contribution is -2.57. The van der Waals surface area contributed by atoms with Crippen molar-refractivity contribution < 1.29 is 14.3 Å². The van der Waals surface area contributed by atoms with E-state index in [1.54, 1.807) is 11.1 Å². The van der Waals surface area contributed by atoms with Crippen LogP contribution < -0.4 is 20.0 Å². The first-order chi connectivity index (χ1) is 18.5. The molecule has 0 saturated carbocycles. The van der Waals surface area contributed by atoms with E-state index in [0.29, 0.717) is 18.8 Å². The van der Waals surface area contributed by atoms with E-state index in [9.17, 15) is 4.79 Å². The molecule has 3 aliphatic rings. The van der Waals surface area contributed by atoms with Gasteiger partial charge in [0.15, 0.2) is 5.11 Å². The molecule has 202 valence electrons. The minimum atomic E-state index is -0.391. The molecule has 5 rings (SSSR count). The maximum atomic E-state index is 12.4. The fourth-order valence-electron chi connectivity index (χ4n) is 4.83. The van der Waals surface area contributed by atoms with Crippen LogP contribution >= 0.6 is 24.4 Å². The number of nitrogens with zero attached hydrogens (tertiary/aromatic N) is 7. The van der Waals surface area contributed by atoms with Gasteiger partial charge in [0.25, 0.3) is 5.17 Å². The summed E-state index contributed by atoms with van der Waals surface area (Å²) in [5.41, 5.74) is 0.709. The number of piperazine rings is 2. The Labute approximate surface area is 233 Å². The summed E-state index contributed by atoms with van der Waals surface area (Å²) in [6, 6.07) is 9.89. The zero-order valence-electron chi connectivity index (χ0n) is 21.4. The highest BCUT2D eigenvalue weighted by molar-refractivity contribution is 7.80. The Balaban J connectivity index is 1.08. The van der Waals surface area contributed by atoms with Gasteiger partial charge in [-0.3, -0.25) is 4.90 Å². The molecule has 1 N–H and O–H groups in total. The first-order valence-electron chi connectivity index (χ1n) is 12.7. The van der Waals surface area contributed by atoms with Crippen molar-refractivity contribution in [2.75, 3.05) is 87.3 Å². The van der Waals surface area contributed by atoms with Gasteiger partial charge in [0.2, 0.25) is 0 Å². The number of amides is 1. The van der Waals surface area contributed by atoms with Gasteiger partial charge in [0.05, 0.1) is 32.1 Å². The van der Waals surface area contributed by atoms with Crippen LogP contribution in [0, 0.1) is 0 Å². The summed E-state index contributed by atoms with van der Waals surface area (Å²) in [5, 5.41) is 4.12. The molecule has 0 bridgehead atoms. The van der Waals surface area contributed by atoms with Gasteiger partial charge in [-0.25, -0.2) is 14.8 Å². The number of ether oxygens (including phenoxy) is 2. The summed E-state index contributed by atoms with van der Waals surface area (Å²) >= 11 is 10.8. The molecule has 5 heterocycles. The summed E-state index contributed by atoms with van der Waals surface area (Å²) in [6.07, 6.45) is 2.86. The molecule has 0 aromatic carbocycles. The molecule has 2 aromatic rings. The van der Waals surface area contributed by atoms with Gasteiger partial charge in [-0.2, -0.15) is 0 Å². The average molecular weight is 557 g/mol. The minimum Gasteiger partial charge on any atom is -0.474 e. The Hall–Kier alpha value is -3.45. The normalized spacial score (nSPS) is 19.9. The van der Waals surface area contributed by atoms with E-state index in [1.807, 2.05) is 30.5 Å². The summed E-state index contributed by atoms with van der Waals surface area (Å²) in [6.45, 7) is 7.79. The molecule has 3 fully saturated rings. The van der Waals surface area contributed by atoms with Gasteiger partial charge in [-0.15, -0.1) is 0 Å². The lowest BCUT2D eigenvalue weighted by atomic mass is 10.2. The van der Waals surface area contributed by atoms with E-state index < -0.39 is 6.09 Å². The monoisotopic (exact) mass is 556 g/mol. The van der Waals surface area contributed by atoms with Crippen molar-refractivity contribution in [1.82, 2.24) is 25.1 Å². The zero-order chi connectivity index (χ0) is 26.5. The molecule has 0 unspecified atom stereocenters. The third-order valence-corrected chi connectivity index (χ3v) is 7.80. The Morgan fingerprint density at radius 2 is 1.63 bits per heavy atom. The van der Waals surface area contributed by atoms with E-state index in [0.717, 1.165) is 69.1 Å². The predicted octanol–water partition coefficient (Wildman–Crippen LogP) is 1.55. The standard InChI is InChI=1S/C25H32N8O3S2/c1-35-23(37)28-17-20-18-33(25(34)36-20)19-5-6-22(27-16-19)30-10-14-32(15-11-30)24(38)31-12-8-29(9-13-31)21-4-2-3-7-26-21/h2-7,16,20H,8-15,17-18H2,1H3,(H,28,37)/t20-/m0/s1. The van der Waals surface area contributed by atoms with E-state index in [2.05, 4.69) is 41.0 Å². The number of hydrogen-bond donors (Lipinski definition) is 1. The number of pyridine rings is 2. The molecular weight excluding hydrogens is 524 g/mol. The third-order valence-electron chi connectivity index (χ3n) is 6.98. The SMILES string of the molecule is COC(=S)NC[C@H]1CN(c2ccc(N3CCN(C(=S)N4CCN(c5ccccn5)CC4)CC3)nc2)C(=O)O1. The molecule has 2 aromatic heterocycles. The lowest BCUT2D eigenvalue weighted by molar-refractivity contribution is 0.142. The quantitative estimate of drug-likeness (QED) is 0.542. The number of methoxy groups -OCH3 is 1. The molecule has 38 heavy (non-hydrogen) atoms. The molecular formula is C25H32N8O3S2. The molecule has 0 radical (unpaired) electrons. The molecule has 0 spiro atoms. The molecule has 0 aliphatic carbocycles. The first-order valence-corrected chi connectivity index (χ1v) is 13.5. The van der Waals surface area contributed by atoms with Crippen LogP contribution in [0.2, 0.25) is 0 Å². The Morgan fingerprint density at radius 3 is 2.18 bits per heavy atom. The minimum absolute atomic E-state index is 0.273. The number of anilines is 3. The number of rotatable bonds is 5. The second-order valence-electron chi connectivity index (χ2n) is 9.28. The van der Waals surface area contributed by atoms with Crippen LogP contribution in [0.5, 0.6) is 0 Å². The lowest BCUT2D eigenvalue weighted by Gasteiger charge is -2.43. The summed E-state index contributed by atoms with van der Waals surface area (Å²) in [5.74, 6) is 1.91. The van der Waals surface area contributed by atoms with Crippen LogP contribution in [0.15, 0.2) is 42.7 Å². The average Bonchev–Trinajstić information content (AvgIpc) is 3.36. The second-order valence-corrected chi connectivity index (χ2v) is 10.0. The number of nitrogens with one attached hydrogen (secondary N) is 1. The van der Waals surface area contributed by atoms with Crippen LogP contribution in [0.3, 0.4) is 0 Å². The van der Waals surface area contributed by atoms with Crippen molar-refractivity contribution in [3.8, 4) is 0 Å². The van der Waals surface area contributed by atoms with Gasteiger partial charge in [-0.05, 0) is 48.7 Å². The number of hydrogen-bond acceptors (Lipinski definition) is 9. The van der Waals surface area contributed by atoms with Crippen molar-refractivity contribution in [3.05, 3.63) is 42.7 Å². The number of aromatic nitrogens is 2. The number of carbonyl (C=O) groups excluding carboxylic acids is 1. The van der Waals surface area contributed by atoms with Crippen molar-refractivity contribution >= 4 is 58.1 Å². The summed E-state index contributed by atoms with van der Waals surface area (Å²) < 4.78 is 10.4. The van der Waals surface area contributed by atoms with E-state index in [1.165, 1.54) is 7.11 Å². The summed E-state index contributed by atoms with van der Waals surface area (Å²) in [7, 11) is 1.50. The molecule has 1 atom stereocenters. The predicted molar refractivity (Wildman–Crippen MR) is 154 cm³/mol. The van der Waals surface area contributed by atoms with Gasteiger partial charge in [0.1, 0.15) is 17.7 Å². The van der Waals surface area contributed by atoms with Crippen molar-refractivity contribution in [3.63, 3.8) is 0 Å². The number of thiocarbonyl (C=S) groups is 2. The van der Waals surface area contributed by atoms with E-state index in [-0.39, 0.29) is 11.3 Å². The van der Waals surface area contributed by atoms with E-state index in [4.69, 9.17) is 33.9 Å². The third kappa shape index (κ3) is 5.99. The zero-order valence-corrected chi connectivity index (χ0v) is 23.0. The topological polar surface area (TPSA) is 89.5 Å². The van der Waals surface area contributed by atoms with Gasteiger partial charge < -0.3 is 34.4 Å². The van der Waals surface area contributed by atoms with Gasteiger partial charge in [-0.1, -0.05) is 6.07 Å². The molecule has 11 nitrogen and oxygen atoms in total. The van der Waals surface area contributed by atoms with Gasteiger partial charge >= 0.3 is 6.09 Å². The van der Waals surface area contributed by atoms with Crippen LogP contribution in [0.4, 0.5) is 22.1 Å². The van der Waals surface area contributed by atoms with Crippen molar-refractivity contribution in [1.29, 1.82) is 0 Å². The van der Waals surface area contributed by atoms with Crippen LogP contribution in [-0.4, -0.2) is 115 Å². The maximum Gasteiger partial charge on any atom is 0.414 e. The smallest absolute Gasteiger partial charge is 0.414 e. The fourth-order valence-corrected chi connectivity index (χ4v) is 5.28. The maximum absolute atomic E-state index is 12.4. The van der Waals surface area contributed by atoms with Crippen molar-refractivity contribution in [2.45, 2.75) is 6.10 Å². The fraction of sp³-hybridized carbons (Fsp3) is 0.480. The first kappa shape index (κ1) is 26.2. The number of cyclic esters (lactones) is 1. The molecule has 3 aliphatic heterocycles. The van der Waals surface area contributed by atoms with Gasteiger partial charge in [0, 0.05) is 58.6 Å². The number of carbonyl (C=O) groups is 1. The Morgan fingerprint density at radius 1 is 0.974 bits per heavy atom. The van der Waals surface area contributed by atoms with Crippen LogP contribution in [0.25, 0.3) is 0 Å². The Bertz CT molecular complexity index is 1120. The molecule has 3 saturated heterocycles. The molecule has 13 heteroatoms. The van der Waals surface area contributed by atoms with Crippen molar-refractivity contribution in [2.24, 2.45) is 0 Å². The second kappa shape index (κ2) is 11.9. The highest BCUT2D eigenvalue weighted by Gasteiger charge is 2.33. The van der Waals surface area contributed by atoms with Crippen LogP contribution in [-0.2, 0) is 9.47 Å².